The molecule has 2 atom stereocenters. The largest absolute Gasteiger partial charge is 0.381 e. The highest BCUT2D eigenvalue weighted by Gasteiger charge is 2.24. The molecule has 0 saturated carbocycles. The van der Waals surface area contributed by atoms with E-state index in [1.165, 1.54) is 5.75 Å². The topological polar surface area (TPSA) is 47.3 Å². The van der Waals surface area contributed by atoms with Crippen LogP contribution in [0.5, 0.6) is 0 Å². The van der Waals surface area contributed by atoms with Gasteiger partial charge in [-0.3, -0.25) is 11.3 Å². The summed E-state index contributed by atoms with van der Waals surface area (Å²) in [7, 11) is 0. The number of thioether (sulfide) groups is 1. The van der Waals surface area contributed by atoms with Gasteiger partial charge in [-0.1, -0.05) is 13.8 Å². The highest BCUT2D eigenvalue weighted by atomic mass is 32.2. The first-order chi connectivity index (χ1) is 6.74. The quantitative estimate of drug-likeness (QED) is 0.520. The molecule has 84 valence electrons. The van der Waals surface area contributed by atoms with Crippen LogP contribution in [0.25, 0.3) is 0 Å². The molecule has 0 aromatic rings. The Morgan fingerprint density at radius 3 is 2.79 bits per heavy atom. The van der Waals surface area contributed by atoms with E-state index in [-0.39, 0.29) is 0 Å². The molecule has 3 nitrogen and oxygen atoms in total. The summed E-state index contributed by atoms with van der Waals surface area (Å²) < 4.78 is 5.36. The van der Waals surface area contributed by atoms with Crippen LogP contribution in [-0.2, 0) is 4.74 Å². The maximum atomic E-state index is 5.55. The molecule has 1 heterocycles. The molecule has 4 heteroatoms. The number of hydrazine groups is 1. The summed E-state index contributed by atoms with van der Waals surface area (Å²) in [5.74, 6) is 9.24. The third-order valence-electron chi connectivity index (χ3n) is 2.50. The Bertz CT molecular complexity index is 149. The Labute approximate surface area is 91.1 Å². The van der Waals surface area contributed by atoms with Crippen molar-refractivity contribution in [3.8, 4) is 0 Å². The zero-order valence-electron chi connectivity index (χ0n) is 9.16. The van der Waals surface area contributed by atoms with Crippen LogP contribution >= 0.6 is 11.8 Å². The normalized spacial score (nSPS) is 24.4. The molecule has 14 heavy (non-hydrogen) atoms. The third-order valence-corrected chi connectivity index (χ3v) is 3.99. The molecular weight excluding hydrogens is 196 g/mol. The number of hydrogen-bond acceptors (Lipinski definition) is 4. The zero-order chi connectivity index (χ0) is 10.4. The van der Waals surface area contributed by atoms with Gasteiger partial charge in [0.05, 0.1) is 6.61 Å². The molecule has 0 aliphatic carbocycles. The van der Waals surface area contributed by atoms with Gasteiger partial charge in [0.15, 0.2) is 0 Å². The molecule has 0 aromatic heterocycles. The minimum absolute atomic E-state index is 0.418. The van der Waals surface area contributed by atoms with Gasteiger partial charge in [0.25, 0.3) is 0 Å². The van der Waals surface area contributed by atoms with Gasteiger partial charge in [0.1, 0.15) is 0 Å². The maximum absolute atomic E-state index is 5.55. The summed E-state index contributed by atoms with van der Waals surface area (Å²) >= 11 is 1.98. The van der Waals surface area contributed by atoms with Crippen molar-refractivity contribution in [2.75, 3.05) is 24.7 Å². The zero-order valence-corrected chi connectivity index (χ0v) is 9.98. The van der Waals surface area contributed by atoms with E-state index in [0.29, 0.717) is 12.0 Å². The number of rotatable bonds is 6. The van der Waals surface area contributed by atoms with Crippen molar-refractivity contribution in [2.45, 2.75) is 26.3 Å². The second-order valence-electron chi connectivity index (χ2n) is 4.33. The Morgan fingerprint density at radius 2 is 2.29 bits per heavy atom. The van der Waals surface area contributed by atoms with E-state index in [1.807, 2.05) is 11.8 Å². The minimum Gasteiger partial charge on any atom is -0.381 e. The predicted octanol–water partition coefficient (Wildman–Crippen LogP) is 1.24. The van der Waals surface area contributed by atoms with E-state index in [1.54, 1.807) is 0 Å². The first-order valence-electron chi connectivity index (χ1n) is 5.35. The Morgan fingerprint density at radius 1 is 1.50 bits per heavy atom. The van der Waals surface area contributed by atoms with Crippen molar-refractivity contribution in [1.29, 1.82) is 0 Å². The number of nitrogens with two attached hydrogens (primary N) is 1. The number of nitrogens with one attached hydrogen (secondary N) is 1. The van der Waals surface area contributed by atoms with Crippen molar-refractivity contribution in [3.05, 3.63) is 0 Å². The number of ether oxygens (including phenoxy) is 1. The molecule has 1 aliphatic heterocycles. The summed E-state index contributed by atoms with van der Waals surface area (Å²) in [4.78, 5) is 0. The first kappa shape index (κ1) is 12.3. The van der Waals surface area contributed by atoms with Crippen molar-refractivity contribution < 1.29 is 4.74 Å². The summed E-state index contributed by atoms with van der Waals surface area (Å²) in [5.41, 5.74) is 2.92. The summed E-state index contributed by atoms with van der Waals surface area (Å²) in [5, 5.41) is 0. The second-order valence-corrected chi connectivity index (χ2v) is 5.40. The Balaban J connectivity index is 2.17. The molecular formula is C10H22N2OS. The second kappa shape index (κ2) is 6.67. The van der Waals surface area contributed by atoms with E-state index in [2.05, 4.69) is 19.3 Å². The number of hydrogen-bond donors (Lipinski definition) is 2. The Kier molecular flexibility index (Phi) is 5.86. The summed E-state index contributed by atoms with van der Waals surface area (Å²) in [6.45, 7) is 6.27. The molecule has 1 aliphatic rings. The maximum Gasteiger partial charge on any atom is 0.0510 e. The molecule has 0 spiro atoms. The average Bonchev–Trinajstić information content (AvgIpc) is 2.64. The van der Waals surface area contributed by atoms with Crippen LogP contribution in [0.3, 0.4) is 0 Å². The van der Waals surface area contributed by atoms with Crippen LogP contribution in [0.15, 0.2) is 0 Å². The summed E-state index contributed by atoms with van der Waals surface area (Å²) in [6, 6.07) is 0.418. The fourth-order valence-corrected chi connectivity index (χ4v) is 2.85. The van der Waals surface area contributed by atoms with Crippen molar-refractivity contribution in [3.63, 3.8) is 0 Å². The summed E-state index contributed by atoms with van der Waals surface area (Å²) in [6.07, 6.45) is 1.15. The molecule has 2 unspecified atom stereocenters. The lowest BCUT2D eigenvalue weighted by Crippen LogP contribution is -2.43. The SMILES string of the molecule is CC(C)CSCC(NN)C1CCOC1. The van der Waals surface area contributed by atoms with Crippen LogP contribution in [-0.4, -0.2) is 30.8 Å². The van der Waals surface area contributed by atoms with Crippen LogP contribution in [0.4, 0.5) is 0 Å². The molecule has 0 aromatic carbocycles. The van der Waals surface area contributed by atoms with Gasteiger partial charge in [-0.2, -0.15) is 11.8 Å². The highest BCUT2D eigenvalue weighted by molar-refractivity contribution is 7.99. The minimum atomic E-state index is 0.418. The van der Waals surface area contributed by atoms with E-state index >= 15 is 0 Å². The van der Waals surface area contributed by atoms with Gasteiger partial charge in [-0.25, -0.2) is 0 Å². The predicted molar refractivity (Wildman–Crippen MR) is 62.2 cm³/mol. The van der Waals surface area contributed by atoms with Crippen LogP contribution in [0.2, 0.25) is 0 Å². The van der Waals surface area contributed by atoms with E-state index in [0.717, 1.165) is 31.3 Å². The average molecular weight is 218 g/mol. The highest BCUT2D eigenvalue weighted by Crippen LogP contribution is 2.20. The Hall–Kier alpha value is 0.230. The monoisotopic (exact) mass is 218 g/mol. The van der Waals surface area contributed by atoms with Gasteiger partial charge in [0.2, 0.25) is 0 Å². The molecule has 1 rings (SSSR count). The standard InChI is InChI=1S/C10H22N2OS/c1-8(2)6-14-7-10(12-11)9-3-4-13-5-9/h8-10,12H,3-7,11H2,1-2H3. The lowest BCUT2D eigenvalue weighted by atomic mass is 10.0. The lowest BCUT2D eigenvalue weighted by molar-refractivity contribution is 0.179. The molecule has 0 bridgehead atoms. The van der Waals surface area contributed by atoms with Crippen molar-refractivity contribution >= 4 is 11.8 Å². The van der Waals surface area contributed by atoms with Gasteiger partial charge >= 0.3 is 0 Å². The fraction of sp³-hybridized carbons (Fsp3) is 1.00. The van der Waals surface area contributed by atoms with E-state index in [4.69, 9.17) is 10.6 Å². The van der Waals surface area contributed by atoms with Crippen molar-refractivity contribution in [1.82, 2.24) is 5.43 Å². The fourth-order valence-electron chi connectivity index (χ4n) is 1.62. The first-order valence-corrected chi connectivity index (χ1v) is 6.51. The molecule has 1 saturated heterocycles. The van der Waals surface area contributed by atoms with E-state index < -0.39 is 0 Å². The van der Waals surface area contributed by atoms with E-state index in [9.17, 15) is 0 Å². The van der Waals surface area contributed by atoms with Gasteiger partial charge in [-0.05, 0) is 18.1 Å². The third kappa shape index (κ3) is 4.17. The molecule has 3 N–H and O–H groups in total. The molecule has 0 radical (unpaired) electrons. The molecule has 0 amide bonds. The lowest BCUT2D eigenvalue weighted by Gasteiger charge is -2.21. The van der Waals surface area contributed by atoms with Crippen molar-refractivity contribution in [2.24, 2.45) is 17.7 Å². The smallest absolute Gasteiger partial charge is 0.0510 e. The van der Waals surface area contributed by atoms with Crippen LogP contribution in [0.1, 0.15) is 20.3 Å². The van der Waals surface area contributed by atoms with Gasteiger partial charge in [0, 0.05) is 24.3 Å². The molecule has 1 fully saturated rings. The van der Waals surface area contributed by atoms with Crippen LogP contribution in [0, 0.1) is 11.8 Å². The van der Waals surface area contributed by atoms with Gasteiger partial charge in [-0.15, -0.1) is 0 Å². The van der Waals surface area contributed by atoms with Crippen LogP contribution < -0.4 is 11.3 Å². The van der Waals surface area contributed by atoms with Gasteiger partial charge < -0.3 is 4.74 Å².